The summed E-state index contributed by atoms with van der Waals surface area (Å²) in [5.41, 5.74) is 4.22. The number of amides is 2. The van der Waals surface area contributed by atoms with Crippen LogP contribution in [0.25, 0.3) is 0 Å². The molecule has 0 radical (unpaired) electrons. The Morgan fingerprint density at radius 1 is 0.880 bits per heavy atom. The van der Waals surface area contributed by atoms with E-state index in [-0.39, 0.29) is 28.9 Å². The second-order valence-corrected chi connectivity index (χ2v) is 4.87. The molecule has 2 rings (SSSR count). The number of nitrogens with one attached hydrogen (secondary N) is 2. The third-order valence-corrected chi connectivity index (χ3v) is 3.20. The number of carbonyl (C=O) groups excluding carboxylic acids is 2. The molecule has 0 aliphatic carbocycles. The average molecular weight is 344 g/mol. The Morgan fingerprint density at radius 3 is 2.12 bits per heavy atom. The number of nitrogens with zero attached hydrogens (tertiary/aromatic N) is 2. The molecule has 10 heteroatoms. The Labute approximate surface area is 140 Å². The van der Waals surface area contributed by atoms with Crippen LogP contribution in [0.4, 0.5) is 11.4 Å². The van der Waals surface area contributed by atoms with Crippen molar-refractivity contribution in [2.75, 3.05) is 0 Å². The molecule has 0 saturated heterocycles. The highest BCUT2D eigenvalue weighted by atomic mass is 16.6. The molecule has 0 atom stereocenters. The highest BCUT2D eigenvalue weighted by molar-refractivity contribution is 5.95. The number of nitro benzene ring substituents is 2. The molecule has 0 aliphatic rings. The van der Waals surface area contributed by atoms with Gasteiger partial charge in [-0.1, -0.05) is 18.2 Å². The van der Waals surface area contributed by atoms with Crippen molar-refractivity contribution in [2.45, 2.75) is 6.42 Å². The first-order valence-electron chi connectivity index (χ1n) is 6.94. The van der Waals surface area contributed by atoms with E-state index in [4.69, 9.17) is 0 Å². The fourth-order valence-electron chi connectivity index (χ4n) is 1.99. The van der Waals surface area contributed by atoms with E-state index in [0.29, 0.717) is 0 Å². The van der Waals surface area contributed by atoms with E-state index in [2.05, 4.69) is 10.9 Å². The van der Waals surface area contributed by atoms with Gasteiger partial charge in [-0.15, -0.1) is 0 Å². The molecule has 0 unspecified atom stereocenters. The third kappa shape index (κ3) is 4.58. The van der Waals surface area contributed by atoms with Crippen LogP contribution in [0, 0.1) is 20.2 Å². The number of para-hydroxylation sites is 1. The molecule has 0 fully saturated rings. The average Bonchev–Trinajstić information content (AvgIpc) is 2.60. The number of nitro groups is 2. The topological polar surface area (TPSA) is 144 Å². The van der Waals surface area contributed by atoms with Gasteiger partial charge in [0.1, 0.15) is 0 Å². The van der Waals surface area contributed by atoms with Crippen LogP contribution in [0.5, 0.6) is 0 Å². The SMILES string of the molecule is O=C(Cc1ccccc1[N+](=O)[O-])NNC(=O)c1ccc([N+](=O)[O-])cc1. The Balaban J connectivity index is 1.95. The van der Waals surface area contributed by atoms with E-state index in [1.165, 1.54) is 30.3 Å². The fourth-order valence-corrected chi connectivity index (χ4v) is 1.99. The van der Waals surface area contributed by atoms with Crippen molar-refractivity contribution >= 4 is 23.2 Å². The first kappa shape index (κ1) is 17.5. The van der Waals surface area contributed by atoms with Crippen molar-refractivity contribution in [3.8, 4) is 0 Å². The van der Waals surface area contributed by atoms with Crippen LogP contribution in [0.1, 0.15) is 15.9 Å². The standard InChI is InChI=1S/C15H12N4O6/c20-14(9-11-3-1-2-4-13(11)19(24)25)16-17-15(21)10-5-7-12(8-6-10)18(22)23/h1-8H,9H2,(H,16,20)(H,17,21). The van der Waals surface area contributed by atoms with Gasteiger partial charge >= 0.3 is 0 Å². The van der Waals surface area contributed by atoms with Crippen molar-refractivity contribution in [1.82, 2.24) is 10.9 Å². The van der Waals surface area contributed by atoms with Crippen LogP contribution in [0.2, 0.25) is 0 Å². The van der Waals surface area contributed by atoms with E-state index in [1.54, 1.807) is 6.07 Å². The summed E-state index contributed by atoms with van der Waals surface area (Å²) in [6.07, 6.45) is -0.294. The normalized spacial score (nSPS) is 9.92. The van der Waals surface area contributed by atoms with Gasteiger partial charge < -0.3 is 0 Å². The molecule has 2 aromatic rings. The van der Waals surface area contributed by atoms with Gasteiger partial charge in [-0.3, -0.25) is 40.7 Å². The number of hydrogen-bond acceptors (Lipinski definition) is 6. The predicted molar refractivity (Wildman–Crippen MR) is 85.5 cm³/mol. The van der Waals surface area contributed by atoms with Crippen LogP contribution in [0.15, 0.2) is 48.5 Å². The molecular weight excluding hydrogens is 332 g/mol. The molecule has 0 bridgehead atoms. The molecule has 0 aromatic heterocycles. The minimum atomic E-state index is -0.675. The van der Waals surface area contributed by atoms with Crippen molar-refractivity contribution in [2.24, 2.45) is 0 Å². The highest BCUT2D eigenvalue weighted by Crippen LogP contribution is 2.17. The highest BCUT2D eigenvalue weighted by Gasteiger charge is 2.16. The Morgan fingerprint density at radius 2 is 1.52 bits per heavy atom. The molecule has 2 amide bonds. The van der Waals surface area contributed by atoms with Gasteiger partial charge in [0.05, 0.1) is 16.3 Å². The fraction of sp³-hybridized carbons (Fsp3) is 0.0667. The van der Waals surface area contributed by atoms with Crippen LogP contribution >= 0.6 is 0 Å². The molecule has 0 aliphatic heterocycles. The maximum atomic E-state index is 11.9. The number of hydrazine groups is 1. The zero-order valence-electron chi connectivity index (χ0n) is 12.7. The lowest BCUT2D eigenvalue weighted by atomic mass is 10.1. The molecule has 128 valence electrons. The molecule has 2 aromatic carbocycles. The monoisotopic (exact) mass is 344 g/mol. The summed E-state index contributed by atoms with van der Waals surface area (Å²) in [5, 5.41) is 21.4. The number of carbonyl (C=O) groups is 2. The Hall–Kier alpha value is -3.82. The lowest BCUT2D eigenvalue weighted by molar-refractivity contribution is -0.385. The second kappa shape index (κ2) is 7.64. The quantitative estimate of drug-likeness (QED) is 0.621. The van der Waals surface area contributed by atoms with Crippen LogP contribution in [0.3, 0.4) is 0 Å². The van der Waals surface area contributed by atoms with Crippen LogP contribution in [-0.2, 0) is 11.2 Å². The van der Waals surface area contributed by atoms with Crippen molar-refractivity contribution in [3.63, 3.8) is 0 Å². The van der Waals surface area contributed by atoms with Crippen molar-refractivity contribution in [3.05, 3.63) is 79.9 Å². The summed E-state index contributed by atoms with van der Waals surface area (Å²) >= 11 is 0. The van der Waals surface area contributed by atoms with Gasteiger partial charge in [0.2, 0.25) is 5.91 Å². The van der Waals surface area contributed by atoms with Gasteiger partial charge in [-0.25, -0.2) is 0 Å². The molecule has 0 heterocycles. The number of rotatable bonds is 5. The molecule has 0 spiro atoms. The lowest BCUT2D eigenvalue weighted by Gasteiger charge is -2.07. The van der Waals surface area contributed by atoms with Gasteiger partial charge in [-0.05, 0) is 12.1 Å². The summed E-state index contributed by atoms with van der Waals surface area (Å²) in [6.45, 7) is 0. The van der Waals surface area contributed by atoms with Gasteiger partial charge in [0.15, 0.2) is 0 Å². The van der Waals surface area contributed by atoms with E-state index in [0.717, 1.165) is 12.1 Å². The Kier molecular flexibility index (Phi) is 5.36. The first-order chi connectivity index (χ1) is 11.9. The van der Waals surface area contributed by atoms with Crippen molar-refractivity contribution in [1.29, 1.82) is 0 Å². The summed E-state index contributed by atoms with van der Waals surface area (Å²) in [7, 11) is 0. The van der Waals surface area contributed by atoms with E-state index < -0.39 is 21.7 Å². The van der Waals surface area contributed by atoms with Gasteiger partial charge in [0.25, 0.3) is 17.3 Å². The van der Waals surface area contributed by atoms with E-state index in [9.17, 15) is 29.8 Å². The smallest absolute Gasteiger partial charge is 0.273 e. The van der Waals surface area contributed by atoms with Crippen molar-refractivity contribution < 1.29 is 19.4 Å². The second-order valence-electron chi connectivity index (χ2n) is 4.87. The van der Waals surface area contributed by atoms with Crippen LogP contribution in [-0.4, -0.2) is 21.7 Å². The largest absolute Gasteiger partial charge is 0.273 e. The van der Waals surface area contributed by atoms with E-state index >= 15 is 0 Å². The zero-order chi connectivity index (χ0) is 18.4. The lowest BCUT2D eigenvalue weighted by Crippen LogP contribution is -2.42. The zero-order valence-corrected chi connectivity index (χ0v) is 12.7. The molecule has 2 N–H and O–H groups in total. The molecular formula is C15H12N4O6. The van der Waals surface area contributed by atoms with Crippen LogP contribution < -0.4 is 10.9 Å². The number of non-ortho nitro benzene ring substituents is 1. The minimum Gasteiger partial charge on any atom is -0.273 e. The summed E-state index contributed by atoms with van der Waals surface area (Å²) in [5.74, 6) is -1.32. The maximum Gasteiger partial charge on any atom is 0.273 e. The van der Waals surface area contributed by atoms with Gasteiger partial charge in [0, 0.05) is 29.3 Å². The maximum absolute atomic E-state index is 11.9. The van der Waals surface area contributed by atoms with E-state index in [1.807, 2.05) is 0 Å². The molecule has 25 heavy (non-hydrogen) atoms. The number of benzene rings is 2. The molecule has 0 saturated carbocycles. The Bertz CT molecular complexity index is 834. The summed E-state index contributed by atoms with van der Waals surface area (Å²) in [4.78, 5) is 43.9. The number of hydrogen-bond donors (Lipinski definition) is 2. The first-order valence-corrected chi connectivity index (χ1v) is 6.94. The summed E-state index contributed by atoms with van der Waals surface area (Å²) in [6, 6.07) is 10.5. The minimum absolute atomic E-state index is 0.108. The van der Waals surface area contributed by atoms with Gasteiger partial charge in [-0.2, -0.15) is 0 Å². The molecule has 10 nitrogen and oxygen atoms in total. The third-order valence-electron chi connectivity index (χ3n) is 3.20. The summed E-state index contributed by atoms with van der Waals surface area (Å²) < 4.78 is 0. The predicted octanol–water partition coefficient (Wildman–Crippen LogP) is 1.51.